The molecule has 1 atom stereocenters. The van der Waals surface area contributed by atoms with Crippen molar-refractivity contribution in [2.75, 3.05) is 13.2 Å². The largest absolute Gasteiger partial charge is 0.494 e. The molecule has 1 aromatic carbocycles. The van der Waals surface area contributed by atoms with Crippen molar-refractivity contribution in [2.24, 2.45) is 0 Å². The number of hydrogen-bond acceptors (Lipinski definition) is 2. The van der Waals surface area contributed by atoms with Crippen LogP contribution in [0.15, 0.2) is 24.3 Å². The van der Waals surface area contributed by atoms with Crippen LogP contribution in [0.3, 0.4) is 0 Å². The minimum absolute atomic E-state index is 0. The molecule has 1 aliphatic heterocycles. The third-order valence-electron chi connectivity index (χ3n) is 2.88. The molecule has 3 heteroatoms. The van der Waals surface area contributed by atoms with Gasteiger partial charge in [0.2, 0.25) is 0 Å². The summed E-state index contributed by atoms with van der Waals surface area (Å²) in [6.07, 6.45) is 3.78. The van der Waals surface area contributed by atoms with Gasteiger partial charge in [-0.05, 0) is 50.4 Å². The predicted molar refractivity (Wildman–Crippen MR) is 69.6 cm³/mol. The monoisotopic (exact) mass is 241 g/mol. The van der Waals surface area contributed by atoms with Gasteiger partial charge >= 0.3 is 0 Å². The maximum absolute atomic E-state index is 5.42. The fraction of sp³-hybridized carbons (Fsp3) is 0.538. The summed E-state index contributed by atoms with van der Waals surface area (Å²) in [4.78, 5) is 0. The Balaban J connectivity index is 0.00000128. The molecule has 2 rings (SSSR count). The van der Waals surface area contributed by atoms with Gasteiger partial charge in [-0.1, -0.05) is 12.1 Å². The fourth-order valence-electron chi connectivity index (χ4n) is 2.10. The third-order valence-corrected chi connectivity index (χ3v) is 2.88. The first-order valence-electron chi connectivity index (χ1n) is 5.83. The molecule has 0 spiro atoms. The molecule has 1 aliphatic rings. The molecule has 0 aromatic heterocycles. The highest BCUT2D eigenvalue weighted by atomic mass is 35.5. The highest BCUT2D eigenvalue weighted by Gasteiger charge is 2.13. The standard InChI is InChI=1S/C13H19NO.ClH/c1-2-15-13-7-5-11(6-8-13)10-12-4-3-9-14-12;/h5-8,12,14H,2-4,9-10H2,1H3;1H. The molecule has 0 aliphatic carbocycles. The molecule has 90 valence electrons. The topological polar surface area (TPSA) is 21.3 Å². The maximum atomic E-state index is 5.42. The van der Waals surface area contributed by atoms with Gasteiger partial charge in [0.1, 0.15) is 5.75 Å². The predicted octanol–water partition coefficient (Wildman–Crippen LogP) is 2.80. The summed E-state index contributed by atoms with van der Waals surface area (Å²) >= 11 is 0. The van der Waals surface area contributed by atoms with E-state index in [1.54, 1.807) is 0 Å². The van der Waals surface area contributed by atoms with Crippen LogP contribution in [-0.2, 0) is 6.42 Å². The van der Waals surface area contributed by atoms with Crippen molar-refractivity contribution in [3.63, 3.8) is 0 Å². The Morgan fingerprint density at radius 1 is 1.31 bits per heavy atom. The van der Waals surface area contributed by atoms with Crippen LogP contribution in [0.25, 0.3) is 0 Å². The highest BCUT2D eigenvalue weighted by Crippen LogP contribution is 2.16. The average molecular weight is 242 g/mol. The summed E-state index contributed by atoms with van der Waals surface area (Å²) in [6, 6.07) is 9.15. The summed E-state index contributed by atoms with van der Waals surface area (Å²) in [5, 5.41) is 3.51. The van der Waals surface area contributed by atoms with Crippen molar-refractivity contribution in [3.8, 4) is 5.75 Å². The van der Waals surface area contributed by atoms with Crippen molar-refractivity contribution in [1.82, 2.24) is 5.32 Å². The molecule has 1 fully saturated rings. The molecule has 1 N–H and O–H groups in total. The molecule has 0 saturated carbocycles. The first kappa shape index (κ1) is 13.3. The lowest BCUT2D eigenvalue weighted by Gasteiger charge is -2.10. The number of halogens is 1. The quantitative estimate of drug-likeness (QED) is 0.876. The van der Waals surface area contributed by atoms with Crippen molar-refractivity contribution >= 4 is 12.4 Å². The van der Waals surface area contributed by atoms with Gasteiger partial charge in [0, 0.05) is 6.04 Å². The lowest BCUT2D eigenvalue weighted by molar-refractivity contribution is 0.340. The van der Waals surface area contributed by atoms with E-state index in [0.717, 1.165) is 18.8 Å². The molecule has 0 amide bonds. The van der Waals surface area contributed by atoms with Crippen LogP contribution in [0.2, 0.25) is 0 Å². The van der Waals surface area contributed by atoms with Gasteiger partial charge < -0.3 is 10.1 Å². The highest BCUT2D eigenvalue weighted by molar-refractivity contribution is 5.85. The van der Waals surface area contributed by atoms with E-state index >= 15 is 0 Å². The summed E-state index contributed by atoms with van der Waals surface area (Å²) in [6.45, 7) is 3.93. The molecule has 1 heterocycles. The number of rotatable bonds is 4. The van der Waals surface area contributed by atoms with Crippen molar-refractivity contribution in [2.45, 2.75) is 32.2 Å². The van der Waals surface area contributed by atoms with Crippen LogP contribution in [0.1, 0.15) is 25.3 Å². The van der Waals surface area contributed by atoms with E-state index in [0.29, 0.717) is 6.04 Å². The summed E-state index contributed by atoms with van der Waals surface area (Å²) in [5.41, 5.74) is 1.40. The van der Waals surface area contributed by atoms with Crippen LogP contribution >= 0.6 is 12.4 Å². The van der Waals surface area contributed by atoms with Crippen LogP contribution in [-0.4, -0.2) is 19.2 Å². The molecule has 1 aromatic rings. The molecule has 2 nitrogen and oxygen atoms in total. The first-order chi connectivity index (χ1) is 7.38. The summed E-state index contributed by atoms with van der Waals surface area (Å²) in [7, 11) is 0. The van der Waals surface area contributed by atoms with Gasteiger partial charge in [-0.25, -0.2) is 0 Å². The lowest BCUT2D eigenvalue weighted by Crippen LogP contribution is -2.23. The minimum Gasteiger partial charge on any atom is -0.494 e. The molecule has 1 saturated heterocycles. The van der Waals surface area contributed by atoms with E-state index in [2.05, 4.69) is 29.6 Å². The Hall–Kier alpha value is -0.730. The minimum atomic E-state index is 0. The van der Waals surface area contributed by atoms with Crippen molar-refractivity contribution in [1.29, 1.82) is 0 Å². The second-order valence-corrected chi connectivity index (χ2v) is 4.07. The fourth-order valence-corrected chi connectivity index (χ4v) is 2.10. The van der Waals surface area contributed by atoms with Gasteiger partial charge in [0.25, 0.3) is 0 Å². The van der Waals surface area contributed by atoms with E-state index in [1.807, 2.05) is 6.92 Å². The number of ether oxygens (including phenoxy) is 1. The van der Waals surface area contributed by atoms with Gasteiger partial charge in [-0.15, -0.1) is 12.4 Å². The normalized spacial score (nSPS) is 19.2. The third kappa shape index (κ3) is 3.69. The van der Waals surface area contributed by atoms with Crippen LogP contribution in [0.5, 0.6) is 5.75 Å². The molecule has 1 unspecified atom stereocenters. The van der Waals surface area contributed by atoms with Crippen molar-refractivity contribution in [3.05, 3.63) is 29.8 Å². The van der Waals surface area contributed by atoms with E-state index < -0.39 is 0 Å². The zero-order valence-electron chi connectivity index (χ0n) is 9.74. The summed E-state index contributed by atoms with van der Waals surface area (Å²) in [5.74, 6) is 0.973. The first-order valence-corrected chi connectivity index (χ1v) is 5.83. The van der Waals surface area contributed by atoms with Gasteiger partial charge in [-0.3, -0.25) is 0 Å². The number of nitrogens with one attached hydrogen (secondary N) is 1. The average Bonchev–Trinajstić information content (AvgIpc) is 2.74. The zero-order chi connectivity index (χ0) is 10.5. The Bertz CT molecular complexity index is 293. The van der Waals surface area contributed by atoms with Gasteiger partial charge in [-0.2, -0.15) is 0 Å². The van der Waals surface area contributed by atoms with Gasteiger partial charge in [0.15, 0.2) is 0 Å². The lowest BCUT2D eigenvalue weighted by atomic mass is 10.0. The Kier molecular flexibility index (Phi) is 5.64. The van der Waals surface area contributed by atoms with E-state index in [-0.39, 0.29) is 12.4 Å². The van der Waals surface area contributed by atoms with Crippen LogP contribution in [0.4, 0.5) is 0 Å². The molecule has 0 bridgehead atoms. The number of benzene rings is 1. The van der Waals surface area contributed by atoms with E-state index in [4.69, 9.17) is 4.74 Å². The molecule has 16 heavy (non-hydrogen) atoms. The maximum Gasteiger partial charge on any atom is 0.119 e. The second kappa shape index (κ2) is 6.77. The second-order valence-electron chi connectivity index (χ2n) is 4.07. The Labute approximate surface area is 104 Å². The smallest absolute Gasteiger partial charge is 0.119 e. The number of hydrogen-bond donors (Lipinski definition) is 1. The van der Waals surface area contributed by atoms with Crippen LogP contribution in [0, 0.1) is 0 Å². The SMILES string of the molecule is CCOc1ccc(CC2CCCN2)cc1.Cl. The van der Waals surface area contributed by atoms with Crippen molar-refractivity contribution < 1.29 is 4.74 Å². The van der Waals surface area contributed by atoms with Crippen LogP contribution < -0.4 is 10.1 Å². The zero-order valence-corrected chi connectivity index (χ0v) is 10.6. The molecular formula is C13H20ClNO. The Morgan fingerprint density at radius 2 is 2.06 bits per heavy atom. The molecular weight excluding hydrogens is 222 g/mol. The van der Waals surface area contributed by atoms with Gasteiger partial charge in [0.05, 0.1) is 6.61 Å². The Morgan fingerprint density at radius 3 is 2.62 bits per heavy atom. The molecule has 0 radical (unpaired) electrons. The summed E-state index contributed by atoms with van der Waals surface area (Å²) < 4.78 is 5.42. The van der Waals surface area contributed by atoms with E-state index in [1.165, 1.54) is 24.9 Å². The van der Waals surface area contributed by atoms with E-state index in [9.17, 15) is 0 Å².